The van der Waals surface area contributed by atoms with Gasteiger partial charge in [-0.15, -0.1) is 0 Å². The number of hydrogen-bond acceptors (Lipinski definition) is 1. The molecule has 0 fully saturated rings. The van der Waals surface area contributed by atoms with Crippen LogP contribution in [0.2, 0.25) is 0 Å². The third kappa shape index (κ3) is 3.50. The molecule has 0 bridgehead atoms. The second-order valence-electron chi connectivity index (χ2n) is 13.2. The average molecular weight is 544 g/mol. The third-order valence-electron chi connectivity index (χ3n) is 7.55. The fraction of sp³-hybridized carbons (Fsp3) is 0.483. The van der Waals surface area contributed by atoms with Crippen LogP contribution in [0.15, 0.2) is 42.7 Å². The average Bonchev–Trinajstić information content (AvgIpc) is 3.25. The summed E-state index contributed by atoms with van der Waals surface area (Å²) in [6, 6.07) is 12.0. The van der Waals surface area contributed by atoms with Crippen molar-refractivity contribution in [3.63, 3.8) is 0 Å². The summed E-state index contributed by atoms with van der Waals surface area (Å²) in [5, 5.41) is 0. The van der Waals surface area contributed by atoms with Crippen LogP contribution in [0, 0.1) is 0 Å². The molecule has 3 aromatic rings. The molecular weight excluding hydrogens is 505 g/mol. The van der Waals surface area contributed by atoms with Gasteiger partial charge >= 0.3 is 210 Å². The molecule has 0 aliphatic carbocycles. The number of aromatic nitrogens is 2. The SMILES string of the molecule is C[N]1c2cccc3c2-c2[n](cc[n+]2C3)[In]1[c]1c(C(C)(C)C)cc(C(C)(C)C)cc1C(C)(C)C. The summed E-state index contributed by atoms with van der Waals surface area (Å²) in [7, 11) is 2.37. The Kier molecular flexibility index (Phi) is 5.01. The molecule has 0 saturated carbocycles. The Hall–Kier alpha value is -1.68. The van der Waals surface area contributed by atoms with Crippen LogP contribution in [0.4, 0.5) is 5.69 Å². The molecule has 0 spiro atoms. The molecule has 4 heteroatoms. The predicted octanol–water partition coefficient (Wildman–Crippen LogP) is 5.39. The van der Waals surface area contributed by atoms with Crippen molar-refractivity contribution in [1.29, 1.82) is 0 Å². The van der Waals surface area contributed by atoms with Gasteiger partial charge in [-0.05, 0) is 0 Å². The Morgan fingerprint density at radius 3 is 2.00 bits per heavy atom. The van der Waals surface area contributed by atoms with Gasteiger partial charge in [0, 0.05) is 0 Å². The van der Waals surface area contributed by atoms with Crippen molar-refractivity contribution in [3.8, 4) is 11.4 Å². The summed E-state index contributed by atoms with van der Waals surface area (Å²) in [6.07, 6.45) is 4.71. The van der Waals surface area contributed by atoms with Crippen molar-refractivity contribution in [1.82, 2.24) is 2.55 Å². The minimum absolute atomic E-state index is 0.0833. The molecule has 33 heavy (non-hydrogen) atoms. The summed E-state index contributed by atoms with van der Waals surface area (Å²) < 4.78 is 9.60. The van der Waals surface area contributed by atoms with Crippen molar-refractivity contribution >= 4 is 31.0 Å². The first kappa shape index (κ1) is 23.1. The molecule has 5 rings (SSSR count). The zero-order valence-corrected chi connectivity index (χ0v) is 25.5. The van der Waals surface area contributed by atoms with E-state index in [1.807, 2.05) is 0 Å². The number of rotatable bonds is 1. The van der Waals surface area contributed by atoms with Gasteiger partial charge in [-0.25, -0.2) is 0 Å². The summed E-state index contributed by atoms with van der Waals surface area (Å²) in [5.74, 6) is 1.44. The molecule has 2 aliphatic heterocycles. The molecule has 2 aliphatic rings. The standard InChI is InChI=1S/C18H29.C11H10N3.In/c1-16(2,3)13-10-14(17(4,5)6)12-15(11-13)18(7,8)9;1-12-9-4-2-3-8-7-14-6-5-13-11(14)10(8)9;/h10-11H,1-9H3;2-6H,7H2,1H3;/q;-1;+2. The van der Waals surface area contributed by atoms with Crippen molar-refractivity contribution in [2.24, 2.45) is 0 Å². The summed E-state index contributed by atoms with van der Waals surface area (Å²) in [6.45, 7) is 22.5. The van der Waals surface area contributed by atoms with E-state index in [9.17, 15) is 0 Å². The van der Waals surface area contributed by atoms with Crippen LogP contribution in [-0.4, -0.2) is 31.6 Å². The zero-order chi connectivity index (χ0) is 24.1. The number of nitrogens with zero attached hydrogens (tertiary/aromatic N) is 3. The molecule has 1 aromatic heterocycles. The van der Waals surface area contributed by atoms with E-state index in [4.69, 9.17) is 0 Å². The van der Waals surface area contributed by atoms with Gasteiger partial charge in [0.2, 0.25) is 0 Å². The van der Waals surface area contributed by atoms with Crippen LogP contribution < -0.4 is 10.8 Å². The topological polar surface area (TPSA) is 12.1 Å². The van der Waals surface area contributed by atoms with E-state index in [0.717, 1.165) is 6.54 Å². The minimum atomic E-state index is -2.76. The fourth-order valence-electron chi connectivity index (χ4n) is 5.75. The van der Waals surface area contributed by atoms with E-state index in [0.29, 0.717) is 0 Å². The van der Waals surface area contributed by atoms with Crippen LogP contribution in [0.25, 0.3) is 11.4 Å². The van der Waals surface area contributed by atoms with Gasteiger partial charge in [-0.2, -0.15) is 0 Å². The number of imidazole rings is 1. The molecule has 0 saturated heterocycles. The van der Waals surface area contributed by atoms with E-state index < -0.39 is 22.0 Å². The van der Waals surface area contributed by atoms with E-state index >= 15 is 0 Å². The monoisotopic (exact) mass is 544 g/mol. The van der Waals surface area contributed by atoms with Gasteiger partial charge in [-0.1, -0.05) is 0 Å². The summed E-state index contributed by atoms with van der Waals surface area (Å²) in [5.41, 5.74) is 9.21. The molecule has 0 amide bonds. The molecule has 0 unspecified atom stereocenters. The Balaban J connectivity index is 1.87. The molecule has 2 aromatic carbocycles. The maximum atomic E-state index is 2.73. The number of hydrogen-bond donors (Lipinski definition) is 0. The van der Waals surface area contributed by atoms with E-state index in [2.05, 4.69) is 122 Å². The van der Waals surface area contributed by atoms with Crippen LogP contribution in [0.5, 0.6) is 0 Å². The van der Waals surface area contributed by atoms with E-state index in [-0.39, 0.29) is 16.2 Å². The Morgan fingerprint density at radius 2 is 1.45 bits per heavy atom. The van der Waals surface area contributed by atoms with Crippen molar-refractivity contribution < 1.29 is 4.57 Å². The number of anilines is 1. The number of benzene rings is 2. The van der Waals surface area contributed by atoms with Crippen LogP contribution in [0.1, 0.15) is 84.6 Å². The predicted molar refractivity (Wildman–Crippen MR) is 141 cm³/mol. The van der Waals surface area contributed by atoms with Gasteiger partial charge in [-0.3, -0.25) is 0 Å². The quantitative estimate of drug-likeness (QED) is 0.293. The van der Waals surface area contributed by atoms with Gasteiger partial charge in [0.05, 0.1) is 0 Å². The van der Waals surface area contributed by atoms with Crippen LogP contribution in [-0.2, 0) is 22.8 Å². The summed E-state index contributed by atoms with van der Waals surface area (Å²) >= 11 is -2.76. The molecule has 3 nitrogen and oxygen atoms in total. The van der Waals surface area contributed by atoms with Crippen molar-refractivity contribution in [3.05, 3.63) is 65.0 Å². The van der Waals surface area contributed by atoms with Crippen molar-refractivity contribution in [2.45, 2.75) is 85.1 Å². The molecule has 3 heterocycles. The Labute approximate surface area is 208 Å². The fourth-order valence-corrected chi connectivity index (χ4v) is 16.8. The first-order valence-electron chi connectivity index (χ1n) is 12.3. The van der Waals surface area contributed by atoms with Crippen LogP contribution in [0.3, 0.4) is 0 Å². The molecule has 0 radical (unpaired) electrons. The molecule has 0 N–H and O–H groups in total. The van der Waals surface area contributed by atoms with Gasteiger partial charge in [0.15, 0.2) is 0 Å². The first-order chi connectivity index (χ1) is 15.2. The van der Waals surface area contributed by atoms with Gasteiger partial charge < -0.3 is 0 Å². The maximum absolute atomic E-state index is 2.76. The second-order valence-corrected chi connectivity index (χ2v) is 20.8. The molecular formula is C29H39InN3+. The third-order valence-corrected chi connectivity index (χ3v) is 16.4. The Bertz CT molecular complexity index is 1230. The Morgan fingerprint density at radius 1 is 0.848 bits per heavy atom. The molecule has 0 atom stereocenters. The second kappa shape index (κ2) is 7.16. The van der Waals surface area contributed by atoms with Gasteiger partial charge in [0.1, 0.15) is 0 Å². The van der Waals surface area contributed by atoms with E-state index in [1.54, 1.807) is 14.4 Å². The first-order valence-corrected chi connectivity index (χ1v) is 16.9. The molecule has 172 valence electrons. The van der Waals surface area contributed by atoms with Gasteiger partial charge in [0.25, 0.3) is 0 Å². The zero-order valence-electron chi connectivity index (χ0n) is 22.2. The van der Waals surface area contributed by atoms with E-state index in [1.165, 1.54) is 28.2 Å². The summed E-state index contributed by atoms with van der Waals surface area (Å²) in [4.78, 5) is 0. The van der Waals surface area contributed by atoms with Crippen LogP contribution >= 0.6 is 0 Å². The normalized spacial score (nSPS) is 15.3. The van der Waals surface area contributed by atoms with Crippen molar-refractivity contribution in [2.75, 3.05) is 9.94 Å².